The van der Waals surface area contributed by atoms with E-state index < -0.39 is 21.7 Å². The maximum atomic E-state index is 13.7. The average molecular weight is 473 g/mol. The molecule has 0 fully saturated rings. The van der Waals surface area contributed by atoms with Gasteiger partial charge in [0.15, 0.2) is 11.5 Å². The summed E-state index contributed by atoms with van der Waals surface area (Å²) in [5, 5.41) is 0.625. The minimum absolute atomic E-state index is 0.159. The minimum atomic E-state index is -3.94. The van der Waals surface area contributed by atoms with Gasteiger partial charge in [-0.2, -0.15) is 0 Å². The number of amides is 1. The zero-order valence-corrected chi connectivity index (χ0v) is 20.4. The van der Waals surface area contributed by atoms with Crippen molar-refractivity contribution in [3.8, 4) is 11.5 Å². The van der Waals surface area contributed by atoms with Crippen molar-refractivity contribution in [2.24, 2.45) is 0 Å². The molecule has 0 unspecified atom stereocenters. The van der Waals surface area contributed by atoms with Gasteiger partial charge in [0.2, 0.25) is 0 Å². The number of anilines is 1. The SMILES string of the molecule is COc1cc2c3c(cn(S(=O)(=O)c4ccc(C)cc4)c3c1OC)CCN2C(=O)OC(C)(C)C. The molecule has 1 aliphatic heterocycles. The standard InChI is InChI=1S/C24H28N2O6S/c1-15-7-9-17(10-8-15)33(28,29)26-14-16-11-12-25(23(27)32-24(2,3)4)18-13-19(30-5)22(31-6)21(26)20(16)18/h7-10,13-14H,11-12H2,1-6H3. The Labute approximate surface area is 193 Å². The van der Waals surface area contributed by atoms with Crippen molar-refractivity contribution < 1.29 is 27.4 Å². The molecule has 0 spiro atoms. The summed E-state index contributed by atoms with van der Waals surface area (Å²) < 4.78 is 45.3. The second-order valence-electron chi connectivity index (χ2n) is 9.01. The third kappa shape index (κ3) is 3.90. The molecule has 2 heterocycles. The Bertz CT molecular complexity index is 1330. The van der Waals surface area contributed by atoms with Crippen LogP contribution in [0, 0.1) is 6.92 Å². The number of hydrogen-bond acceptors (Lipinski definition) is 6. The highest BCUT2D eigenvalue weighted by atomic mass is 32.2. The summed E-state index contributed by atoms with van der Waals surface area (Å²) in [6, 6.07) is 8.36. The molecular weight excluding hydrogens is 444 g/mol. The quantitative estimate of drug-likeness (QED) is 0.556. The van der Waals surface area contributed by atoms with Crippen LogP contribution in [0.4, 0.5) is 10.5 Å². The molecule has 1 aromatic heterocycles. The first-order chi connectivity index (χ1) is 15.5. The summed E-state index contributed by atoms with van der Waals surface area (Å²) in [5.41, 5.74) is 1.94. The highest BCUT2D eigenvalue weighted by Crippen LogP contribution is 2.47. The van der Waals surface area contributed by atoms with Crippen LogP contribution < -0.4 is 14.4 Å². The van der Waals surface area contributed by atoms with Crippen LogP contribution in [0.5, 0.6) is 11.5 Å². The van der Waals surface area contributed by atoms with Gasteiger partial charge in [0.1, 0.15) is 11.1 Å². The fourth-order valence-electron chi connectivity index (χ4n) is 4.03. The van der Waals surface area contributed by atoms with E-state index in [1.807, 2.05) is 6.92 Å². The van der Waals surface area contributed by atoms with Crippen LogP contribution in [-0.2, 0) is 21.2 Å². The Hall–Kier alpha value is -3.20. The molecule has 1 aliphatic rings. The Morgan fingerprint density at radius 3 is 2.30 bits per heavy atom. The van der Waals surface area contributed by atoms with E-state index in [2.05, 4.69) is 0 Å². The molecule has 9 heteroatoms. The number of methoxy groups -OCH3 is 2. The number of ether oxygens (including phenoxy) is 3. The van der Waals surface area contributed by atoms with Crippen molar-refractivity contribution in [1.29, 1.82) is 0 Å². The fraction of sp³-hybridized carbons (Fsp3) is 0.375. The maximum absolute atomic E-state index is 13.7. The molecule has 0 saturated carbocycles. The Kier molecular flexibility index (Phi) is 5.56. The van der Waals surface area contributed by atoms with Crippen LogP contribution in [0.1, 0.15) is 31.9 Å². The molecule has 0 radical (unpaired) electrons. The Balaban J connectivity index is 2.00. The van der Waals surface area contributed by atoms with E-state index in [1.165, 1.54) is 23.1 Å². The first-order valence-corrected chi connectivity index (χ1v) is 12.0. The second-order valence-corrected chi connectivity index (χ2v) is 10.8. The molecule has 3 aromatic rings. The van der Waals surface area contributed by atoms with E-state index in [0.717, 1.165) is 11.1 Å². The number of aryl methyl sites for hydroxylation is 1. The van der Waals surface area contributed by atoms with Gasteiger partial charge in [0.05, 0.1) is 24.8 Å². The molecule has 0 bridgehead atoms. The summed E-state index contributed by atoms with van der Waals surface area (Å²) in [5.74, 6) is 0.602. The zero-order valence-electron chi connectivity index (χ0n) is 19.6. The highest BCUT2D eigenvalue weighted by molar-refractivity contribution is 7.90. The second kappa shape index (κ2) is 7.98. The number of rotatable bonds is 4. The molecular formula is C24H28N2O6S. The molecule has 33 heavy (non-hydrogen) atoms. The first kappa shape index (κ1) is 23.0. The molecule has 0 N–H and O–H groups in total. The molecule has 176 valence electrons. The van der Waals surface area contributed by atoms with Gasteiger partial charge in [-0.15, -0.1) is 0 Å². The van der Waals surface area contributed by atoms with Crippen LogP contribution in [-0.4, -0.2) is 44.8 Å². The maximum Gasteiger partial charge on any atom is 0.414 e. The first-order valence-electron chi connectivity index (χ1n) is 10.6. The zero-order chi connectivity index (χ0) is 24.1. The van der Waals surface area contributed by atoms with Crippen LogP contribution in [0.3, 0.4) is 0 Å². The minimum Gasteiger partial charge on any atom is -0.493 e. The van der Waals surface area contributed by atoms with Gasteiger partial charge in [-0.1, -0.05) is 17.7 Å². The van der Waals surface area contributed by atoms with E-state index >= 15 is 0 Å². The molecule has 0 atom stereocenters. The smallest absolute Gasteiger partial charge is 0.414 e. The van der Waals surface area contributed by atoms with Gasteiger partial charge in [-0.05, 0) is 51.8 Å². The van der Waals surface area contributed by atoms with Crippen molar-refractivity contribution >= 4 is 32.7 Å². The van der Waals surface area contributed by atoms with E-state index in [0.29, 0.717) is 35.3 Å². The third-order valence-corrected chi connectivity index (χ3v) is 7.20. The van der Waals surface area contributed by atoms with Gasteiger partial charge in [0, 0.05) is 24.2 Å². The lowest BCUT2D eigenvalue weighted by molar-refractivity contribution is 0.0580. The van der Waals surface area contributed by atoms with Gasteiger partial charge >= 0.3 is 6.09 Å². The average Bonchev–Trinajstić information content (AvgIpc) is 3.14. The van der Waals surface area contributed by atoms with Gasteiger partial charge in [0.25, 0.3) is 10.0 Å². The lowest BCUT2D eigenvalue weighted by atomic mass is 10.0. The topological polar surface area (TPSA) is 87.1 Å². The van der Waals surface area contributed by atoms with E-state index in [4.69, 9.17) is 14.2 Å². The number of carbonyl (C=O) groups is 1. The molecule has 8 nitrogen and oxygen atoms in total. The highest BCUT2D eigenvalue weighted by Gasteiger charge is 2.34. The van der Waals surface area contributed by atoms with Crippen molar-refractivity contribution in [2.45, 2.75) is 44.6 Å². The van der Waals surface area contributed by atoms with E-state index in [9.17, 15) is 13.2 Å². The van der Waals surface area contributed by atoms with Gasteiger partial charge < -0.3 is 14.2 Å². The third-order valence-electron chi connectivity index (χ3n) is 5.53. The molecule has 1 amide bonds. The number of nitrogens with zero attached hydrogens (tertiary/aromatic N) is 2. The van der Waals surface area contributed by atoms with Crippen LogP contribution >= 0.6 is 0 Å². The van der Waals surface area contributed by atoms with Crippen LogP contribution in [0.25, 0.3) is 10.9 Å². The summed E-state index contributed by atoms with van der Waals surface area (Å²) >= 11 is 0. The number of hydrogen-bond donors (Lipinski definition) is 0. The Morgan fingerprint density at radius 1 is 1.06 bits per heavy atom. The van der Waals surface area contributed by atoms with Crippen molar-refractivity contribution in [3.05, 3.63) is 47.7 Å². The number of aromatic nitrogens is 1. The normalized spacial score (nSPS) is 13.8. The molecule has 2 aromatic carbocycles. The fourth-order valence-corrected chi connectivity index (χ4v) is 5.42. The molecule has 0 saturated heterocycles. The monoisotopic (exact) mass is 472 g/mol. The lowest BCUT2D eigenvalue weighted by Gasteiger charge is -2.31. The largest absolute Gasteiger partial charge is 0.493 e. The summed E-state index contributed by atoms with van der Waals surface area (Å²) in [6.07, 6.45) is 1.57. The van der Waals surface area contributed by atoms with Crippen molar-refractivity contribution in [3.63, 3.8) is 0 Å². The van der Waals surface area contributed by atoms with Gasteiger partial charge in [-0.25, -0.2) is 17.2 Å². The summed E-state index contributed by atoms with van der Waals surface area (Å²) in [7, 11) is -1.00. The predicted molar refractivity (Wildman–Crippen MR) is 126 cm³/mol. The molecule has 0 aliphatic carbocycles. The van der Waals surface area contributed by atoms with Gasteiger partial charge in [-0.3, -0.25) is 4.90 Å². The van der Waals surface area contributed by atoms with Crippen LogP contribution in [0.15, 0.2) is 41.4 Å². The summed E-state index contributed by atoms with van der Waals surface area (Å²) in [4.78, 5) is 14.7. The molecule has 4 rings (SSSR count). The van der Waals surface area contributed by atoms with E-state index in [1.54, 1.807) is 57.3 Å². The van der Waals surface area contributed by atoms with Crippen LogP contribution in [0.2, 0.25) is 0 Å². The van der Waals surface area contributed by atoms with E-state index in [-0.39, 0.29) is 10.6 Å². The Morgan fingerprint density at radius 2 is 1.73 bits per heavy atom. The van der Waals surface area contributed by atoms with Crippen molar-refractivity contribution in [1.82, 2.24) is 3.97 Å². The summed E-state index contributed by atoms with van der Waals surface area (Å²) in [6.45, 7) is 7.65. The lowest BCUT2D eigenvalue weighted by Crippen LogP contribution is -2.39. The van der Waals surface area contributed by atoms with Crippen molar-refractivity contribution in [2.75, 3.05) is 25.7 Å². The number of benzene rings is 2. The number of carbonyl (C=O) groups excluding carboxylic acids is 1. The predicted octanol–water partition coefficient (Wildman–Crippen LogP) is 4.50.